The monoisotopic (exact) mass is 219 g/mol. The average molecular weight is 219 g/mol. The summed E-state index contributed by atoms with van der Waals surface area (Å²) in [6.45, 7) is 3.98. The molecule has 1 aromatic carbocycles. The van der Waals surface area contributed by atoms with Crippen molar-refractivity contribution in [3.8, 4) is 5.75 Å². The maximum Gasteiger partial charge on any atom is 0.119 e. The van der Waals surface area contributed by atoms with E-state index in [1.807, 2.05) is 6.07 Å². The van der Waals surface area contributed by atoms with Gasteiger partial charge in [-0.05, 0) is 37.0 Å². The Hall–Kier alpha value is -1.02. The second kappa shape index (κ2) is 5.90. The molecule has 88 valence electrons. The molecule has 0 unspecified atom stereocenters. The molecular weight excluding hydrogens is 198 g/mol. The third-order valence-corrected chi connectivity index (χ3v) is 2.84. The zero-order valence-corrected chi connectivity index (χ0v) is 10.0. The molecule has 2 heteroatoms. The molecule has 16 heavy (non-hydrogen) atoms. The van der Waals surface area contributed by atoms with Gasteiger partial charge in [0, 0.05) is 12.6 Å². The van der Waals surface area contributed by atoms with E-state index >= 15 is 0 Å². The number of rotatable bonds is 7. The third kappa shape index (κ3) is 3.86. The van der Waals surface area contributed by atoms with E-state index in [4.69, 9.17) is 4.74 Å². The molecule has 0 aromatic heterocycles. The van der Waals surface area contributed by atoms with E-state index in [0.29, 0.717) is 0 Å². The number of hydrogen-bond donors (Lipinski definition) is 1. The summed E-state index contributed by atoms with van der Waals surface area (Å²) in [7, 11) is 0. The Morgan fingerprint density at radius 2 is 2.25 bits per heavy atom. The first-order chi connectivity index (χ1) is 7.88. The van der Waals surface area contributed by atoms with Crippen LogP contribution in [-0.2, 0) is 6.54 Å². The molecule has 0 heterocycles. The molecule has 2 nitrogen and oxygen atoms in total. The van der Waals surface area contributed by atoms with Crippen molar-refractivity contribution in [2.24, 2.45) is 0 Å². The summed E-state index contributed by atoms with van der Waals surface area (Å²) in [6.07, 6.45) is 4.99. The van der Waals surface area contributed by atoms with Gasteiger partial charge in [0.1, 0.15) is 5.75 Å². The smallest absolute Gasteiger partial charge is 0.119 e. The standard InChI is InChI=1S/C14H21NO/c1-2-3-9-16-14-6-4-5-12(10-14)11-15-13-7-8-13/h4-6,10,13,15H,2-3,7-9,11H2,1H3. The minimum Gasteiger partial charge on any atom is -0.494 e. The lowest BCUT2D eigenvalue weighted by molar-refractivity contribution is 0.309. The maximum atomic E-state index is 5.68. The van der Waals surface area contributed by atoms with Gasteiger partial charge in [-0.25, -0.2) is 0 Å². The zero-order chi connectivity index (χ0) is 11.2. The molecular formula is C14H21NO. The van der Waals surface area contributed by atoms with Crippen LogP contribution < -0.4 is 10.1 Å². The van der Waals surface area contributed by atoms with Gasteiger partial charge < -0.3 is 10.1 Å². The Balaban J connectivity index is 1.80. The van der Waals surface area contributed by atoms with E-state index in [9.17, 15) is 0 Å². The van der Waals surface area contributed by atoms with E-state index in [0.717, 1.165) is 31.4 Å². The van der Waals surface area contributed by atoms with Crippen molar-refractivity contribution in [1.29, 1.82) is 0 Å². The molecule has 1 aliphatic rings. The van der Waals surface area contributed by atoms with Crippen LogP contribution in [0.3, 0.4) is 0 Å². The van der Waals surface area contributed by atoms with E-state index in [-0.39, 0.29) is 0 Å². The molecule has 1 fully saturated rings. The summed E-state index contributed by atoms with van der Waals surface area (Å²) in [5.41, 5.74) is 1.32. The topological polar surface area (TPSA) is 21.3 Å². The van der Waals surface area contributed by atoms with Crippen molar-refractivity contribution < 1.29 is 4.74 Å². The summed E-state index contributed by atoms with van der Waals surface area (Å²) in [5, 5.41) is 3.51. The molecule has 0 atom stereocenters. The fourth-order valence-corrected chi connectivity index (χ4v) is 1.63. The number of ether oxygens (including phenoxy) is 1. The third-order valence-electron chi connectivity index (χ3n) is 2.84. The highest BCUT2D eigenvalue weighted by molar-refractivity contribution is 5.28. The number of hydrogen-bond acceptors (Lipinski definition) is 2. The Morgan fingerprint density at radius 3 is 3.00 bits per heavy atom. The Kier molecular flexibility index (Phi) is 4.23. The van der Waals surface area contributed by atoms with Crippen molar-refractivity contribution in [3.63, 3.8) is 0 Å². The van der Waals surface area contributed by atoms with Crippen molar-refractivity contribution in [2.75, 3.05) is 6.61 Å². The normalized spacial score (nSPS) is 15.1. The highest BCUT2D eigenvalue weighted by atomic mass is 16.5. The van der Waals surface area contributed by atoms with Crippen LogP contribution in [-0.4, -0.2) is 12.6 Å². The van der Waals surface area contributed by atoms with Gasteiger partial charge in [0.25, 0.3) is 0 Å². The van der Waals surface area contributed by atoms with Gasteiger partial charge in [-0.1, -0.05) is 25.5 Å². The van der Waals surface area contributed by atoms with Gasteiger partial charge in [0.15, 0.2) is 0 Å². The van der Waals surface area contributed by atoms with Crippen LogP contribution in [0.5, 0.6) is 5.75 Å². The molecule has 0 saturated heterocycles. The lowest BCUT2D eigenvalue weighted by Crippen LogP contribution is -2.15. The maximum absolute atomic E-state index is 5.68. The van der Waals surface area contributed by atoms with Crippen LogP contribution in [0.4, 0.5) is 0 Å². The van der Waals surface area contributed by atoms with Crippen LogP contribution >= 0.6 is 0 Å². The summed E-state index contributed by atoms with van der Waals surface area (Å²) in [6, 6.07) is 9.18. The van der Waals surface area contributed by atoms with Gasteiger partial charge in [0.05, 0.1) is 6.61 Å². The molecule has 1 saturated carbocycles. The number of nitrogens with one attached hydrogen (secondary N) is 1. The Bertz CT molecular complexity index is 320. The largest absolute Gasteiger partial charge is 0.494 e. The van der Waals surface area contributed by atoms with Gasteiger partial charge in [-0.3, -0.25) is 0 Å². The van der Waals surface area contributed by atoms with Gasteiger partial charge >= 0.3 is 0 Å². The van der Waals surface area contributed by atoms with Gasteiger partial charge in [-0.2, -0.15) is 0 Å². The molecule has 1 aliphatic carbocycles. The predicted molar refractivity (Wildman–Crippen MR) is 66.7 cm³/mol. The fourth-order valence-electron chi connectivity index (χ4n) is 1.63. The second-order valence-electron chi connectivity index (χ2n) is 4.50. The average Bonchev–Trinajstić information content (AvgIpc) is 3.11. The van der Waals surface area contributed by atoms with E-state index < -0.39 is 0 Å². The molecule has 0 bridgehead atoms. The van der Waals surface area contributed by atoms with Crippen LogP contribution in [0.25, 0.3) is 0 Å². The van der Waals surface area contributed by atoms with E-state index in [1.165, 1.54) is 24.8 Å². The highest BCUT2D eigenvalue weighted by Crippen LogP contribution is 2.20. The minimum atomic E-state index is 0.768. The summed E-state index contributed by atoms with van der Waals surface area (Å²) in [5.74, 6) is 1.00. The van der Waals surface area contributed by atoms with Crippen LogP contribution in [0.2, 0.25) is 0 Å². The van der Waals surface area contributed by atoms with Crippen molar-refractivity contribution in [3.05, 3.63) is 29.8 Å². The molecule has 1 aromatic rings. The quantitative estimate of drug-likeness (QED) is 0.711. The fraction of sp³-hybridized carbons (Fsp3) is 0.571. The molecule has 2 rings (SSSR count). The van der Waals surface area contributed by atoms with Gasteiger partial charge in [-0.15, -0.1) is 0 Å². The number of unbranched alkanes of at least 4 members (excludes halogenated alkanes) is 1. The summed E-state index contributed by atoms with van der Waals surface area (Å²) in [4.78, 5) is 0. The first-order valence-electron chi connectivity index (χ1n) is 6.33. The van der Waals surface area contributed by atoms with Crippen LogP contribution in [0, 0.1) is 0 Å². The molecule has 0 radical (unpaired) electrons. The lowest BCUT2D eigenvalue weighted by atomic mass is 10.2. The van der Waals surface area contributed by atoms with E-state index in [2.05, 4.69) is 30.4 Å². The predicted octanol–water partition coefficient (Wildman–Crippen LogP) is 3.12. The summed E-state index contributed by atoms with van der Waals surface area (Å²) < 4.78 is 5.68. The van der Waals surface area contributed by atoms with E-state index in [1.54, 1.807) is 0 Å². The summed E-state index contributed by atoms with van der Waals surface area (Å²) >= 11 is 0. The molecule has 0 aliphatic heterocycles. The molecule has 0 spiro atoms. The lowest BCUT2D eigenvalue weighted by Gasteiger charge is -2.08. The Labute approximate surface area is 98.0 Å². The second-order valence-corrected chi connectivity index (χ2v) is 4.50. The molecule has 1 N–H and O–H groups in total. The highest BCUT2D eigenvalue weighted by Gasteiger charge is 2.19. The SMILES string of the molecule is CCCCOc1cccc(CNC2CC2)c1. The van der Waals surface area contributed by atoms with Crippen LogP contribution in [0.1, 0.15) is 38.2 Å². The number of benzene rings is 1. The van der Waals surface area contributed by atoms with Crippen LogP contribution in [0.15, 0.2) is 24.3 Å². The first-order valence-corrected chi connectivity index (χ1v) is 6.33. The van der Waals surface area contributed by atoms with Crippen molar-refractivity contribution >= 4 is 0 Å². The van der Waals surface area contributed by atoms with Crippen molar-refractivity contribution in [1.82, 2.24) is 5.32 Å². The minimum absolute atomic E-state index is 0.768. The zero-order valence-electron chi connectivity index (χ0n) is 10.0. The molecule has 0 amide bonds. The van der Waals surface area contributed by atoms with Gasteiger partial charge in [0.2, 0.25) is 0 Å². The Morgan fingerprint density at radius 1 is 1.38 bits per heavy atom. The van der Waals surface area contributed by atoms with Crippen molar-refractivity contribution in [2.45, 2.75) is 45.2 Å². The first kappa shape index (κ1) is 11.5.